The van der Waals surface area contributed by atoms with E-state index in [1.54, 1.807) is 0 Å². The van der Waals surface area contributed by atoms with Crippen LogP contribution >= 0.6 is 0 Å². The molecule has 0 atom stereocenters. The summed E-state index contributed by atoms with van der Waals surface area (Å²) < 4.78 is 0. The number of allylic oxidation sites excluding steroid dienone is 2. The molecular weight excluding hydrogens is 160 g/mol. The van der Waals surface area contributed by atoms with Crippen LogP contribution in [0, 0.1) is 0 Å². The Morgan fingerprint density at radius 3 is 1.33 bits per heavy atom. The van der Waals surface area contributed by atoms with Crippen molar-refractivity contribution in [3.8, 4) is 0 Å². The number of ketones is 2. The molecule has 0 bridgehead atoms. The molecule has 0 radical (unpaired) electrons. The number of carbonyl (C=O) groups excluding carboxylic acids is 2. The summed E-state index contributed by atoms with van der Waals surface area (Å²) in [7, 11) is 0. The fourth-order valence-corrected chi connectivity index (χ4v) is 0.911. The Labute approximate surface area is 68.8 Å². The molecule has 0 heterocycles. The molecule has 2 N–H and O–H groups in total. The zero-order chi connectivity index (χ0) is 9.46. The second-order valence-corrected chi connectivity index (χ2v) is 2.61. The minimum absolute atomic E-state index is 0.176. The van der Waals surface area contributed by atoms with E-state index in [1.165, 1.54) is 13.8 Å². The van der Waals surface area contributed by atoms with Crippen molar-refractivity contribution < 1.29 is 19.8 Å². The molecule has 0 aromatic carbocycles. The molecule has 0 saturated carbocycles. The van der Waals surface area contributed by atoms with Crippen molar-refractivity contribution in [1.82, 2.24) is 0 Å². The van der Waals surface area contributed by atoms with Crippen LogP contribution in [-0.4, -0.2) is 21.8 Å². The topological polar surface area (TPSA) is 74.6 Å². The lowest BCUT2D eigenvalue weighted by Crippen LogP contribution is -2.21. The molecule has 0 saturated heterocycles. The average molecular weight is 168 g/mol. The van der Waals surface area contributed by atoms with Gasteiger partial charge in [0.2, 0.25) is 23.1 Å². The molecule has 4 heteroatoms. The van der Waals surface area contributed by atoms with Gasteiger partial charge in [-0.3, -0.25) is 9.59 Å². The number of aliphatic hydroxyl groups is 2. The minimum Gasteiger partial charge on any atom is -0.501 e. The number of carbonyl (C=O) groups is 2. The summed E-state index contributed by atoms with van der Waals surface area (Å²) in [5.74, 6) is -3.10. The van der Waals surface area contributed by atoms with Crippen molar-refractivity contribution >= 4 is 11.6 Å². The Hall–Kier alpha value is -1.58. The minimum atomic E-state index is -0.858. The number of rotatable bonds is 0. The Bertz CT molecular complexity index is 271. The van der Waals surface area contributed by atoms with Crippen molar-refractivity contribution in [3.05, 3.63) is 22.7 Å². The molecule has 1 aliphatic carbocycles. The van der Waals surface area contributed by atoms with E-state index in [0.29, 0.717) is 0 Å². The van der Waals surface area contributed by atoms with Gasteiger partial charge in [0.05, 0.1) is 0 Å². The summed E-state index contributed by atoms with van der Waals surface area (Å²) >= 11 is 0. The molecule has 1 aliphatic rings. The lowest BCUT2D eigenvalue weighted by atomic mass is 9.95. The number of Topliss-reactive ketones (excluding diaryl/α,β-unsaturated/α-hetero) is 2. The maximum Gasteiger partial charge on any atom is 0.227 e. The van der Waals surface area contributed by atoms with Crippen LogP contribution in [0.2, 0.25) is 0 Å². The van der Waals surface area contributed by atoms with Crippen LogP contribution in [0.15, 0.2) is 22.7 Å². The van der Waals surface area contributed by atoms with Crippen molar-refractivity contribution in [2.45, 2.75) is 13.8 Å². The Morgan fingerprint density at radius 2 is 1.08 bits per heavy atom. The zero-order valence-corrected chi connectivity index (χ0v) is 6.71. The van der Waals surface area contributed by atoms with E-state index in [2.05, 4.69) is 0 Å². The van der Waals surface area contributed by atoms with Crippen LogP contribution in [0.1, 0.15) is 13.8 Å². The molecule has 0 aliphatic heterocycles. The predicted molar refractivity (Wildman–Crippen MR) is 40.7 cm³/mol. The summed E-state index contributed by atoms with van der Waals surface area (Å²) in [4.78, 5) is 22.0. The Balaban J connectivity index is 3.32. The highest BCUT2D eigenvalue weighted by Gasteiger charge is 2.29. The van der Waals surface area contributed by atoms with Crippen LogP contribution < -0.4 is 0 Å². The third-order valence-electron chi connectivity index (χ3n) is 1.90. The van der Waals surface area contributed by atoms with Gasteiger partial charge < -0.3 is 10.2 Å². The molecule has 64 valence electrons. The van der Waals surface area contributed by atoms with Crippen molar-refractivity contribution in [1.29, 1.82) is 0 Å². The summed E-state index contributed by atoms with van der Waals surface area (Å²) in [5.41, 5.74) is 0.352. The summed E-state index contributed by atoms with van der Waals surface area (Å²) in [6.07, 6.45) is 0. The summed E-state index contributed by atoms with van der Waals surface area (Å²) in [6, 6.07) is 0. The van der Waals surface area contributed by atoms with Crippen LogP contribution in [-0.2, 0) is 9.59 Å². The second kappa shape index (κ2) is 2.48. The second-order valence-electron chi connectivity index (χ2n) is 2.61. The zero-order valence-electron chi connectivity index (χ0n) is 6.71. The van der Waals surface area contributed by atoms with Gasteiger partial charge in [-0.05, 0) is 13.8 Å². The number of hydrogen-bond donors (Lipinski definition) is 2. The number of hydrogen-bond acceptors (Lipinski definition) is 4. The fourth-order valence-electron chi connectivity index (χ4n) is 0.911. The van der Waals surface area contributed by atoms with E-state index in [1.807, 2.05) is 0 Å². The largest absolute Gasteiger partial charge is 0.501 e. The lowest BCUT2D eigenvalue weighted by molar-refractivity contribution is -0.120. The molecule has 0 spiro atoms. The van der Waals surface area contributed by atoms with Crippen LogP contribution in [0.5, 0.6) is 0 Å². The van der Waals surface area contributed by atoms with Gasteiger partial charge in [0.25, 0.3) is 0 Å². The van der Waals surface area contributed by atoms with E-state index in [9.17, 15) is 9.59 Å². The molecule has 0 fully saturated rings. The Kier molecular flexibility index (Phi) is 1.76. The summed E-state index contributed by atoms with van der Waals surface area (Å²) in [6.45, 7) is 2.86. The first-order valence-electron chi connectivity index (χ1n) is 3.36. The monoisotopic (exact) mass is 168 g/mol. The van der Waals surface area contributed by atoms with E-state index in [-0.39, 0.29) is 11.1 Å². The van der Waals surface area contributed by atoms with Gasteiger partial charge in [-0.1, -0.05) is 0 Å². The first-order chi connectivity index (χ1) is 5.46. The number of aliphatic hydroxyl groups excluding tert-OH is 2. The van der Waals surface area contributed by atoms with Crippen LogP contribution in [0.4, 0.5) is 0 Å². The van der Waals surface area contributed by atoms with Crippen molar-refractivity contribution in [2.75, 3.05) is 0 Å². The SMILES string of the molecule is CC1=C(C)C(=O)C(O)=C(O)C1=O. The molecule has 1 rings (SSSR count). The first kappa shape index (κ1) is 8.52. The highest BCUT2D eigenvalue weighted by molar-refractivity contribution is 6.22. The van der Waals surface area contributed by atoms with Gasteiger partial charge >= 0.3 is 0 Å². The van der Waals surface area contributed by atoms with Crippen molar-refractivity contribution in [3.63, 3.8) is 0 Å². The third-order valence-corrected chi connectivity index (χ3v) is 1.90. The molecule has 0 unspecified atom stereocenters. The average Bonchev–Trinajstić information content (AvgIpc) is 2.08. The highest BCUT2D eigenvalue weighted by Crippen LogP contribution is 2.20. The van der Waals surface area contributed by atoms with Gasteiger partial charge in [0.15, 0.2) is 0 Å². The van der Waals surface area contributed by atoms with Gasteiger partial charge in [-0.2, -0.15) is 0 Å². The van der Waals surface area contributed by atoms with E-state index in [0.717, 1.165) is 0 Å². The van der Waals surface area contributed by atoms with Crippen LogP contribution in [0.3, 0.4) is 0 Å². The van der Waals surface area contributed by atoms with Crippen molar-refractivity contribution in [2.24, 2.45) is 0 Å². The summed E-state index contributed by atoms with van der Waals surface area (Å²) in [5, 5.41) is 17.9. The third kappa shape index (κ3) is 0.922. The quantitative estimate of drug-likeness (QED) is 0.524. The smallest absolute Gasteiger partial charge is 0.227 e. The lowest BCUT2D eigenvalue weighted by Gasteiger charge is -2.11. The molecule has 4 nitrogen and oxygen atoms in total. The molecule has 0 aromatic rings. The van der Waals surface area contributed by atoms with Gasteiger partial charge in [0.1, 0.15) is 0 Å². The van der Waals surface area contributed by atoms with Gasteiger partial charge in [-0.15, -0.1) is 0 Å². The van der Waals surface area contributed by atoms with Gasteiger partial charge in [0, 0.05) is 11.1 Å². The Morgan fingerprint density at radius 1 is 0.833 bits per heavy atom. The predicted octanol–water partition coefficient (Wildman–Crippen LogP) is 0.802. The van der Waals surface area contributed by atoms with E-state index in [4.69, 9.17) is 10.2 Å². The molecule has 0 aromatic heterocycles. The van der Waals surface area contributed by atoms with E-state index >= 15 is 0 Å². The molecule has 0 amide bonds. The normalized spacial score (nSPS) is 19.2. The molecule has 12 heavy (non-hydrogen) atoms. The van der Waals surface area contributed by atoms with Gasteiger partial charge in [-0.25, -0.2) is 0 Å². The molecular formula is C8H8O4. The van der Waals surface area contributed by atoms with E-state index < -0.39 is 23.1 Å². The van der Waals surface area contributed by atoms with Crippen LogP contribution in [0.25, 0.3) is 0 Å². The maximum absolute atomic E-state index is 11.0. The standard InChI is InChI=1S/C8H8O4/c1-3-4(2)6(10)8(12)7(11)5(3)9/h11-12H,1-2H3. The highest BCUT2D eigenvalue weighted by atomic mass is 16.3. The first-order valence-corrected chi connectivity index (χ1v) is 3.36. The maximum atomic E-state index is 11.0. The fraction of sp³-hybridized carbons (Fsp3) is 0.250.